The van der Waals surface area contributed by atoms with Gasteiger partial charge in [-0.2, -0.15) is 0 Å². The van der Waals surface area contributed by atoms with Crippen LogP contribution < -0.4 is 15.5 Å². The molecule has 25 heavy (non-hydrogen) atoms. The van der Waals surface area contributed by atoms with Gasteiger partial charge in [-0.05, 0) is 31.5 Å². The lowest BCUT2D eigenvalue weighted by Crippen LogP contribution is -2.44. The van der Waals surface area contributed by atoms with Gasteiger partial charge >= 0.3 is 0 Å². The zero-order chi connectivity index (χ0) is 17.6. The highest BCUT2D eigenvalue weighted by Crippen LogP contribution is 2.23. The van der Waals surface area contributed by atoms with Crippen LogP contribution in [0.3, 0.4) is 0 Å². The summed E-state index contributed by atoms with van der Waals surface area (Å²) < 4.78 is 2.01. The largest absolute Gasteiger partial charge is 0.369 e. The molecule has 134 valence electrons. The molecule has 0 saturated carbocycles. The van der Waals surface area contributed by atoms with Crippen molar-refractivity contribution in [3.63, 3.8) is 0 Å². The minimum absolute atomic E-state index is 0.342. The number of hydrogen-bond acceptors (Lipinski definition) is 4. The van der Waals surface area contributed by atoms with E-state index in [1.807, 2.05) is 22.8 Å². The maximum absolute atomic E-state index is 6.10. The van der Waals surface area contributed by atoms with Gasteiger partial charge in [-0.3, -0.25) is 4.99 Å². The number of nitrogens with zero attached hydrogens (tertiary/aromatic N) is 5. The molecule has 2 N–H and O–H groups in total. The molecule has 1 aromatic heterocycles. The zero-order valence-electron chi connectivity index (χ0n) is 14.6. The molecular weight excluding hydrogens is 338 g/mol. The van der Waals surface area contributed by atoms with Crippen LogP contribution in [0.4, 0.5) is 5.69 Å². The Balaban J connectivity index is 1.53. The van der Waals surface area contributed by atoms with Crippen molar-refractivity contribution in [3.8, 4) is 0 Å². The highest BCUT2D eigenvalue weighted by Gasteiger charge is 2.23. The van der Waals surface area contributed by atoms with Gasteiger partial charge in [0.1, 0.15) is 6.33 Å². The first-order valence-corrected chi connectivity index (χ1v) is 8.91. The topological polar surface area (TPSA) is 70.4 Å². The molecule has 1 saturated heterocycles. The average molecular weight is 362 g/mol. The van der Waals surface area contributed by atoms with E-state index in [-0.39, 0.29) is 0 Å². The van der Waals surface area contributed by atoms with Gasteiger partial charge in [-0.1, -0.05) is 17.7 Å². The Morgan fingerprint density at radius 3 is 3.08 bits per heavy atom. The van der Waals surface area contributed by atoms with Crippen molar-refractivity contribution in [3.05, 3.63) is 41.4 Å². The van der Waals surface area contributed by atoms with Crippen LogP contribution in [0.15, 0.2) is 35.6 Å². The number of benzene rings is 1. The number of hydrogen-bond donors (Lipinski definition) is 2. The molecule has 7 nitrogen and oxygen atoms in total. The Bertz CT molecular complexity index is 727. The fourth-order valence-electron chi connectivity index (χ4n) is 3.02. The summed E-state index contributed by atoms with van der Waals surface area (Å²) in [6.45, 7) is 5.44. The molecule has 1 atom stereocenters. The molecule has 3 rings (SSSR count). The van der Waals surface area contributed by atoms with E-state index < -0.39 is 0 Å². The summed E-state index contributed by atoms with van der Waals surface area (Å²) in [7, 11) is 1.78. The van der Waals surface area contributed by atoms with Crippen molar-refractivity contribution in [2.45, 2.75) is 32.5 Å². The molecule has 0 aliphatic carbocycles. The third-order valence-corrected chi connectivity index (χ3v) is 4.61. The average Bonchev–Trinajstić information content (AvgIpc) is 3.27. The molecule has 0 bridgehead atoms. The van der Waals surface area contributed by atoms with E-state index in [1.165, 1.54) is 0 Å². The van der Waals surface area contributed by atoms with Crippen LogP contribution in [0.1, 0.15) is 19.2 Å². The number of aryl methyl sites for hydroxylation is 1. The lowest BCUT2D eigenvalue weighted by molar-refractivity contribution is 0.631. The van der Waals surface area contributed by atoms with Crippen LogP contribution >= 0.6 is 11.6 Å². The number of aromatic nitrogens is 3. The fourth-order valence-corrected chi connectivity index (χ4v) is 3.20. The third kappa shape index (κ3) is 4.42. The maximum atomic E-state index is 6.10. The summed E-state index contributed by atoms with van der Waals surface area (Å²) in [4.78, 5) is 6.65. The molecule has 2 aromatic rings. The van der Waals surface area contributed by atoms with Gasteiger partial charge in [0.05, 0.1) is 6.54 Å². The van der Waals surface area contributed by atoms with E-state index in [4.69, 9.17) is 11.6 Å². The normalized spacial score (nSPS) is 17.8. The first-order chi connectivity index (χ1) is 12.2. The SMILES string of the molecule is CCn1cnnc1CNC(=NC)NC1CCN(c2cccc(Cl)c2)C1. The van der Waals surface area contributed by atoms with E-state index in [0.29, 0.717) is 12.6 Å². The predicted octanol–water partition coefficient (Wildman–Crippen LogP) is 1.90. The monoisotopic (exact) mass is 361 g/mol. The molecule has 1 aliphatic rings. The Morgan fingerprint density at radius 2 is 2.32 bits per heavy atom. The highest BCUT2D eigenvalue weighted by atomic mass is 35.5. The molecule has 1 fully saturated rings. The van der Waals surface area contributed by atoms with Crippen molar-refractivity contribution in [2.24, 2.45) is 4.99 Å². The van der Waals surface area contributed by atoms with Gasteiger partial charge < -0.3 is 20.1 Å². The van der Waals surface area contributed by atoms with Gasteiger partial charge in [0.25, 0.3) is 0 Å². The maximum Gasteiger partial charge on any atom is 0.191 e. The molecule has 8 heteroatoms. The molecule has 1 aromatic carbocycles. The lowest BCUT2D eigenvalue weighted by Gasteiger charge is -2.20. The summed E-state index contributed by atoms with van der Waals surface area (Å²) in [5.74, 6) is 1.68. The Hall–Kier alpha value is -2.28. The molecule has 0 spiro atoms. The van der Waals surface area contributed by atoms with Crippen molar-refractivity contribution >= 4 is 23.2 Å². The van der Waals surface area contributed by atoms with E-state index in [9.17, 15) is 0 Å². The Labute approximate surface area is 153 Å². The molecule has 2 heterocycles. The number of nitrogens with one attached hydrogen (secondary N) is 2. The highest BCUT2D eigenvalue weighted by molar-refractivity contribution is 6.30. The molecule has 1 unspecified atom stereocenters. The molecule has 0 radical (unpaired) electrons. The Morgan fingerprint density at radius 1 is 1.44 bits per heavy atom. The first-order valence-electron chi connectivity index (χ1n) is 8.54. The standard InChI is InChI=1S/C17H24ClN7/c1-3-24-12-21-23-16(24)10-20-17(19-2)22-14-7-8-25(11-14)15-6-4-5-13(18)9-15/h4-6,9,12,14H,3,7-8,10-11H2,1-2H3,(H2,19,20,22). The smallest absolute Gasteiger partial charge is 0.191 e. The number of halogens is 1. The zero-order valence-corrected chi connectivity index (χ0v) is 15.4. The second kappa shape index (κ2) is 8.20. The lowest BCUT2D eigenvalue weighted by atomic mass is 10.3. The summed E-state index contributed by atoms with van der Waals surface area (Å²) in [6, 6.07) is 8.34. The molecule has 1 aliphatic heterocycles. The van der Waals surface area contributed by atoms with Crippen LogP contribution in [0.5, 0.6) is 0 Å². The van der Waals surface area contributed by atoms with Gasteiger partial charge in [0.15, 0.2) is 11.8 Å². The van der Waals surface area contributed by atoms with Crippen LogP contribution in [0.25, 0.3) is 0 Å². The van der Waals surface area contributed by atoms with Gasteiger partial charge in [-0.25, -0.2) is 0 Å². The van der Waals surface area contributed by atoms with Crippen LogP contribution in [-0.2, 0) is 13.1 Å². The van der Waals surface area contributed by atoms with Crippen molar-refractivity contribution in [1.82, 2.24) is 25.4 Å². The summed E-state index contributed by atoms with van der Waals surface area (Å²) in [5, 5.41) is 15.6. The first kappa shape index (κ1) is 17.5. The minimum Gasteiger partial charge on any atom is -0.369 e. The van der Waals surface area contributed by atoms with E-state index >= 15 is 0 Å². The Kier molecular flexibility index (Phi) is 5.75. The fraction of sp³-hybridized carbons (Fsp3) is 0.471. The van der Waals surface area contributed by atoms with Crippen molar-refractivity contribution in [1.29, 1.82) is 0 Å². The summed E-state index contributed by atoms with van der Waals surface area (Å²) in [5.41, 5.74) is 1.16. The van der Waals surface area contributed by atoms with E-state index in [1.54, 1.807) is 13.4 Å². The second-order valence-electron chi connectivity index (χ2n) is 6.01. The summed E-state index contributed by atoms with van der Waals surface area (Å²) in [6.07, 6.45) is 2.80. The molecule has 0 amide bonds. The van der Waals surface area contributed by atoms with Crippen LogP contribution in [-0.4, -0.2) is 46.9 Å². The van der Waals surface area contributed by atoms with Gasteiger partial charge in [-0.15, -0.1) is 10.2 Å². The van der Waals surface area contributed by atoms with Crippen LogP contribution in [0.2, 0.25) is 5.02 Å². The molecular formula is C17H24ClN7. The van der Waals surface area contributed by atoms with Crippen molar-refractivity contribution < 1.29 is 0 Å². The second-order valence-corrected chi connectivity index (χ2v) is 6.45. The predicted molar refractivity (Wildman–Crippen MR) is 101 cm³/mol. The minimum atomic E-state index is 0.342. The number of rotatable bonds is 5. The number of anilines is 1. The van der Waals surface area contributed by atoms with E-state index in [0.717, 1.165) is 48.5 Å². The van der Waals surface area contributed by atoms with Gasteiger partial charge in [0, 0.05) is 43.4 Å². The quantitative estimate of drug-likeness (QED) is 0.628. The van der Waals surface area contributed by atoms with Crippen molar-refractivity contribution in [2.75, 3.05) is 25.0 Å². The number of aliphatic imine (C=N–C) groups is 1. The number of guanidine groups is 1. The van der Waals surface area contributed by atoms with Crippen LogP contribution in [0, 0.1) is 0 Å². The van der Waals surface area contributed by atoms with E-state index in [2.05, 4.69) is 43.7 Å². The summed E-state index contributed by atoms with van der Waals surface area (Å²) >= 11 is 6.10. The van der Waals surface area contributed by atoms with Gasteiger partial charge in [0.2, 0.25) is 0 Å². The third-order valence-electron chi connectivity index (χ3n) is 4.38.